The van der Waals surface area contributed by atoms with Gasteiger partial charge in [0.1, 0.15) is 11.9 Å². The zero-order chi connectivity index (χ0) is 33.5. The van der Waals surface area contributed by atoms with E-state index in [0.717, 1.165) is 62.1 Å². The van der Waals surface area contributed by atoms with Crippen LogP contribution in [0.1, 0.15) is 84.6 Å². The van der Waals surface area contributed by atoms with Gasteiger partial charge in [-0.1, -0.05) is 39.8 Å². The predicted molar refractivity (Wildman–Crippen MR) is 183 cm³/mol. The lowest BCUT2D eigenvalue weighted by Crippen LogP contribution is -2.63. The average Bonchev–Trinajstić information content (AvgIpc) is 3.39. The summed E-state index contributed by atoms with van der Waals surface area (Å²) in [7, 11) is 0. The molecule has 0 saturated heterocycles. The number of carbonyl (C=O) groups excluding carboxylic acids is 3. The van der Waals surface area contributed by atoms with E-state index < -0.39 is 23.0 Å². The standard InChI is InChI=1S/C36H58N4O5S/c1-24-11-13-36-14-12-28(41)32(36)35(24,4)29(22-34(3,33(44)25(36)2)15-20-39-18-5-16-37)45-31(43)23-46-27-9-7-26(8-10-27)21-30(42)40-19-6-17-38/h7-10,24-25,29,32-33,39,44H,5-6,11-23,37-38H2,1-4H3,(H,40,42)/t24-,25+,29-,32+,33+,34+,35+,36+/m1/s1. The van der Waals surface area contributed by atoms with Gasteiger partial charge in [-0.3, -0.25) is 14.4 Å². The number of hydrogen-bond acceptors (Lipinski definition) is 9. The summed E-state index contributed by atoms with van der Waals surface area (Å²) in [4.78, 5) is 40.4. The Labute approximate surface area is 280 Å². The molecule has 0 aromatic heterocycles. The van der Waals surface area contributed by atoms with E-state index in [-0.39, 0.29) is 46.6 Å². The maximum absolute atomic E-state index is 13.7. The van der Waals surface area contributed by atoms with Crippen molar-refractivity contribution in [2.24, 2.45) is 45.5 Å². The summed E-state index contributed by atoms with van der Waals surface area (Å²) in [6.07, 6.45) is 5.28. The highest BCUT2D eigenvalue weighted by Crippen LogP contribution is 2.68. The van der Waals surface area contributed by atoms with Gasteiger partial charge in [-0.15, -0.1) is 11.8 Å². The Morgan fingerprint density at radius 2 is 1.74 bits per heavy atom. The van der Waals surface area contributed by atoms with Gasteiger partial charge in [-0.05, 0) is 111 Å². The number of amides is 1. The average molecular weight is 659 g/mol. The zero-order valence-corrected chi connectivity index (χ0v) is 29.3. The Morgan fingerprint density at radius 1 is 1.04 bits per heavy atom. The van der Waals surface area contributed by atoms with Crippen molar-refractivity contribution in [2.75, 3.05) is 38.5 Å². The number of ether oxygens (including phenoxy) is 1. The molecule has 4 rings (SSSR count). The van der Waals surface area contributed by atoms with Gasteiger partial charge in [-0.2, -0.15) is 0 Å². The Morgan fingerprint density at radius 3 is 2.43 bits per heavy atom. The number of aliphatic hydroxyl groups excluding tert-OH is 1. The first kappa shape index (κ1) is 36.8. The van der Waals surface area contributed by atoms with Crippen LogP contribution in [-0.2, 0) is 25.5 Å². The fourth-order valence-electron chi connectivity index (χ4n) is 8.95. The minimum absolute atomic E-state index is 0.0305. The third kappa shape index (κ3) is 7.83. The maximum atomic E-state index is 13.7. The number of rotatable bonds is 15. The second-order valence-corrected chi connectivity index (χ2v) is 15.8. The van der Waals surface area contributed by atoms with Crippen molar-refractivity contribution in [3.8, 4) is 0 Å². The van der Waals surface area contributed by atoms with E-state index in [4.69, 9.17) is 16.2 Å². The monoisotopic (exact) mass is 658 g/mol. The van der Waals surface area contributed by atoms with E-state index in [0.29, 0.717) is 38.9 Å². The van der Waals surface area contributed by atoms with Crippen LogP contribution in [0.4, 0.5) is 0 Å². The Kier molecular flexibility index (Phi) is 12.8. The van der Waals surface area contributed by atoms with E-state index in [2.05, 4.69) is 38.3 Å². The molecule has 0 radical (unpaired) electrons. The van der Waals surface area contributed by atoms with Crippen LogP contribution < -0.4 is 22.1 Å². The molecular formula is C36H58N4O5S. The molecule has 0 spiro atoms. The van der Waals surface area contributed by atoms with Gasteiger partial charge in [0.15, 0.2) is 0 Å². The molecule has 3 aliphatic carbocycles. The molecule has 3 saturated carbocycles. The minimum Gasteiger partial charge on any atom is -0.461 e. The van der Waals surface area contributed by atoms with Crippen LogP contribution in [0.3, 0.4) is 0 Å². The van der Waals surface area contributed by atoms with Crippen molar-refractivity contribution in [3.05, 3.63) is 29.8 Å². The van der Waals surface area contributed by atoms with Crippen molar-refractivity contribution in [3.63, 3.8) is 0 Å². The maximum Gasteiger partial charge on any atom is 0.316 e. The molecule has 1 aromatic carbocycles. The summed E-state index contributed by atoms with van der Waals surface area (Å²) >= 11 is 1.41. The van der Waals surface area contributed by atoms with E-state index >= 15 is 0 Å². The van der Waals surface area contributed by atoms with E-state index in [1.165, 1.54) is 11.8 Å². The number of hydrogen-bond donors (Lipinski definition) is 5. The summed E-state index contributed by atoms with van der Waals surface area (Å²) in [6.45, 7) is 12.0. The number of ketones is 1. The van der Waals surface area contributed by atoms with Gasteiger partial charge in [0.05, 0.1) is 18.3 Å². The van der Waals surface area contributed by atoms with Crippen LogP contribution in [0.15, 0.2) is 29.2 Å². The van der Waals surface area contributed by atoms with Crippen LogP contribution in [0, 0.1) is 34.0 Å². The summed E-state index contributed by atoms with van der Waals surface area (Å²) in [5.74, 6) is 0.00370. The molecule has 1 aromatic rings. The van der Waals surface area contributed by atoms with Crippen molar-refractivity contribution < 1.29 is 24.2 Å². The molecular weight excluding hydrogens is 600 g/mol. The summed E-state index contributed by atoms with van der Waals surface area (Å²) in [5, 5.41) is 18.5. The quantitative estimate of drug-likeness (QED) is 0.107. The SMILES string of the molecule is C[C@@H]1CC[C@@]23CCC(=O)[C@H]2[C@]1(C)[C@H](OC(=O)CSc1ccc(CC(=O)NCCCN)cc1)C[C@](C)(CCNCCCN)[C@@H](O)[C@@H]3C. The van der Waals surface area contributed by atoms with Crippen LogP contribution >= 0.6 is 11.8 Å². The van der Waals surface area contributed by atoms with E-state index in [9.17, 15) is 19.5 Å². The summed E-state index contributed by atoms with van der Waals surface area (Å²) in [5.41, 5.74) is 10.8. The molecule has 0 unspecified atom stereocenters. The van der Waals surface area contributed by atoms with Crippen LogP contribution in [-0.4, -0.2) is 73.5 Å². The molecule has 0 aliphatic heterocycles. The van der Waals surface area contributed by atoms with Crippen molar-refractivity contribution in [1.29, 1.82) is 0 Å². The highest BCUT2D eigenvalue weighted by molar-refractivity contribution is 8.00. The molecule has 258 valence electrons. The fraction of sp³-hybridized carbons (Fsp3) is 0.750. The lowest BCUT2D eigenvalue weighted by atomic mass is 9.43. The number of benzene rings is 1. The minimum atomic E-state index is -0.619. The van der Waals surface area contributed by atoms with Crippen LogP contribution in [0.25, 0.3) is 0 Å². The van der Waals surface area contributed by atoms with Crippen molar-refractivity contribution in [2.45, 2.75) is 103 Å². The molecule has 1 amide bonds. The molecule has 3 fully saturated rings. The second-order valence-electron chi connectivity index (χ2n) is 14.8. The summed E-state index contributed by atoms with van der Waals surface area (Å²) < 4.78 is 6.49. The van der Waals surface area contributed by atoms with Gasteiger partial charge >= 0.3 is 5.97 Å². The molecule has 10 heteroatoms. The molecule has 2 bridgehead atoms. The van der Waals surface area contributed by atoms with Crippen LogP contribution in [0.2, 0.25) is 0 Å². The molecule has 3 aliphatic rings. The third-order valence-corrected chi connectivity index (χ3v) is 12.9. The third-order valence-electron chi connectivity index (χ3n) is 12.0. The number of nitrogens with one attached hydrogen (secondary N) is 2. The lowest BCUT2D eigenvalue weighted by molar-refractivity contribution is -0.211. The number of Topliss-reactive ketones (excluding diaryl/α,β-unsaturated/α-hetero) is 1. The van der Waals surface area contributed by atoms with Gasteiger partial charge in [0.25, 0.3) is 0 Å². The summed E-state index contributed by atoms with van der Waals surface area (Å²) in [6, 6.07) is 7.69. The van der Waals surface area contributed by atoms with Crippen LogP contribution in [0.5, 0.6) is 0 Å². The van der Waals surface area contributed by atoms with Crippen molar-refractivity contribution in [1.82, 2.24) is 10.6 Å². The largest absolute Gasteiger partial charge is 0.461 e. The molecule has 46 heavy (non-hydrogen) atoms. The Balaban J connectivity index is 1.51. The number of aliphatic hydroxyl groups is 1. The molecule has 9 nitrogen and oxygen atoms in total. The number of thioether (sulfide) groups is 1. The fourth-order valence-corrected chi connectivity index (χ4v) is 9.63. The highest BCUT2D eigenvalue weighted by atomic mass is 32.2. The first-order chi connectivity index (χ1) is 21.9. The van der Waals surface area contributed by atoms with Gasteiger partial charge in [-0.25, -0.2) is 0 Å². The van der Waals surface area contributed by atoms with Gasteiger partial charge in [0, 0.05) is 29.2 Å². The lowest BCUT2D eigenvalue weighted by Gasteiger charge is -2.62. The number of nitrogens with two attached hydrogens (primary N) is 2. The van der Waals surface area contributed by atoms with Crippen molar-refractivity contribution >= 4 is 29.4 Å². The normalized spacial score (nSPS) is 34.0. The molecule has 7 N–H and O–H groups in total. The molecule has 0 heterocycles. The van der Waals surface area contributed by atoms with E-state index in [1.54, 1.807) is 0 Å². The first-order valence-electron chi connectivity index (χ1n) is 17.4. The Hall–Kier alpha value is -1.98. The second kappa shape index (κ2) is 15.9. The first-order valence-corrected chi connectivity index (χ1v) is 18.4. The number of carbonyl (C=O) groups is 3. The molecule has 8 atom stereocenters. The smallest absolute Gasteiger partial charge is 0.316 e. The van der Waals surface area contributed by atoms with E-state index in [1.807, 2.05) is 24.3 Å². The zero-order valence-electron chi connectivity index (χ0n) is 28.4. The van der Waals surface area contributed by atoms with Gasteiger partial charge in [0.2, 0.25) is 5.91 Å². The topological polar surface area (TPSA) is 157 Å². The van der Waals surface area contributed by atoms with Gasteiger partial charge < -0.3 is 31.9 Å². The number of esters is 1. The highest BCUT2D eigenvalue weighted by Gasteiger charge is 2.68. The predicted octanol–water partition coefficient (Wildman–Crippen LogP) is 3.84. The Bertz CT molecular complexity index is 1200.